The fraction of sp³-hybridized carbons (Fsp3) is 0.314. The Hall–Kier alpha value is -4.58. The van der Waals surface area contributed by atoms with Crippen molar-refractivity contribution < 1.29 is 25.6 Å². The number of benzene rings is 2. The minimum atomic E-state index is -4.57. The van der Waals surface area contributed by atoms with E-state index in [0.717, 1.165) is 66.5 Å². The molecule has 2 N–H and O–H groups in total. The van der Waals surface area contributed by atoms with E-state index in [9.17, 15) is 25.6 Å². The number of sulfone groups is 1. The predicted molar refractivity (Wildman–Crippen MR) is 200 cm³/mol. The summed E-state index contributed by atoms with van der Waals surface area (Å²) in [7, 11) is -7.59. The van der Waals surface area contributed by atoms with Crippen LogP contribution in [0.25, 0.3) is 21.8 Å². The normalized spacial score (nSPS) is 14.4. The molecular formula is C35H38F2N8O4S3. The first-order valence-electron chi connectivity index (χ1n) is 16.6. The van der Waals surface area contributed by atoms with Gasteiger partial charge in [0.25, 0.3) is 10.0 Å². The summed E-state index contributed by atoms with van der Waals surface area (Å²) in [4.78, 5) is 22.8. The van der Waals surface area contributed by atoms with Gasteiger partial charge in [-0.25, -0.2) is 45.6 Å². The summed E-state index contributed by atoms with van der Waals surface area (Å²) in [6.07, 6.45) is 5.51. The zero-order valence-electron chi connectivity index (χ0n) is 28.8. The first-order valence-corrected chi connectivity index (χ1v) is 20.9. The van der Waals surface area contributed by atoms with E-state index in [0.29, 0.717) is 35.1 Å². The van der Waals surface area contributed by atoms with Gasteiger partial charge in [0.05, 0.1) is 38.9 Å². The molecule has 0 radical (unpaired) electrons. The largest absolute Gasteiger partial charge is 0.355 e. The third kappa shape index (κ3) is 9.07. The van der Waals surface area contributed by atoms with Crippen LogP contribution in [-0.2, 0) is 19.9 Å². The zero-order chi connectivity index (χ0) is 37.0. The molecule has 1 saturated heterocycles. The quantitative estimate of drug-likeness (QED) is 0.150. The first kappa shape index (κ1) is 37.2. The lowest BCUT2D eigenvalue weighted by atomic mass is 10.1. The SMILES string of the molecule is CC(C)c1nc(-c2cccc(NS(=O)(=O)c3c(F)cccc3F)c2)c(-c2ccnc(Nc3ccc(N4CCCN(CCS(C)(=O)=O)CC4)nc3)n2)s1. The second-order valence-corrected chi connectivity index (χ2v) is 17.6. The smallest absolute Gasteiger partial charge is 0.267 e. The number of thiazole rings is 1. The van der Waals surface area contributed by atoms with Gasteiger partial charge < -0.3 is 15.1 Å². The molecule has 1 aliphatic heterocycles. The van der Waals surface area contributed by atoms with Gasteiger partial charge in [0.2, 0.25) is 5.95 Å². The topological polar surface area (TPSA) is 150 Å². The van der Waals surface area contributed by atoms with Gasteiger partial charge in [-0.1, -0.05) is 32.0 Å². The molecule has 274 valence electrons. The van der Waals surface area contributed by atoms with Gasteiger partial charge in [0.1, 0.15) is 27.3 Å². The van der Waals surface area contributed by atoms with Crippen molar-refractivity contribution >= 4 is 54.3 Å². The van der Waals surface area contributed by atoms with Crippen LogP contribution in [0.3, 0.4) is 0 Å². The second kappa shape index (κ2) is 15.6. The van der Waals surface area contributed by atoms with E-state index >= 15 is 0 Å². The minimum absolute atomic E-state index is 0.0898. The van der Waals surface area contributed by atoms with Crippen LogP contribution in [0.4, 0.5) is 31.9 Å². The Bertz CT molecular complexity index is 2250. The van der Waals surface area contributed by atoms with E-state index in [1.54, 1.807) is 36.7 Å². The minimum Gasteiger partial charge on any atom is -0.355 e. The van der Waals surface area contributed by atoms with Crippen LogP contribution >= 0.6 is 11.3 Å². The van der Waals surface area contributed by atoms with E-state index in [4.69, 9.17) is 9.97 Å². The molecule has 12 nitrogen and oxygen atoms in total. The summed E-state index contributed by atoms with van der Waals surface area (Å²) in [6.45, 7) is 7.70. The Morgan fingerprint density at radius 1 is 0.885 bits per heavy atom. The first-order chi connectivity index (χ1) is 24.8. The Kier molecular flexibility index (Phi) is 11.1. The van der Waals surface area contributed by atoms with Crippen LogP contribution in [0, 0.1) is 11.6 Å². The van der Waals surface area contributed by atoms with Crippen LogP contribution in [-0.4, -0.2) is 86.4 Å². The Morgan fingerprint density at radius 2 is 1.65 bits per heavy atom. The molecule has 3 aromatic heterocycles. The van der Waals surface area contributed by atoms with Crippen molar-refractivity contribution in [1.82, 2.24) is 24.8 Å². The lowest BCUT2D eigenvalue weighted by molar-refractivity contribution is 0.310. The molecule has 0 amide bonds. The summed E-state index contributed by atoms with van der Waals surface area (Å²) >= 11 is 1.46. The lowest BCUT2D eigenvalue weighted by Gasteiger charge is -2.22. The molecule has 0 aliphatic carbocycles. The average molecular weight is 769 g/mol. The second-order valence-electron chi connectivity index (χ2n) is 12.7. The number of halogens is 2. The maximum atomic E-state index is 14.3. The fourth-order valence-electron chi connectivity index (χ4n) is 5.67. The summed E-state index contributed by atoms with van der Waals surface area (Å²) in [5.41, 5.74) is 2.52. The van der Waals surface area contributed by atoms with Crippen molar-refractivity contribution in [2.45, 2.75) is 31.1 Å². The standard InChI is InChI=1S/C35H38F2N8O4S3/c1-23(2)34-42-31(24-7-4-8-25(21-24)43-52(48,49)33-27(36)9-5-10-28(33)37)32(50-34)29-13-14-38-35(41-29)40-26-11-12-30(39-22-26)45-16-6-15-44(17-18-45)19-20-51(3,46)47/h4-5,7-14,21-23,43H,6,15-20H2,1-3H3,(H,38,40,41). The molecule has 4 heterocycles. The van der Waals surface area contributed by atoms with Gasteiger partial charge in [-0.05, 0) is 55.4 Å². The van der Waals surface area contributed by atoms with Crippen molar-refractivity contribution in [3.05, 3.63) is 89.7 Å². The van der Waals surface area contributed by atoms with E-state index in [-0.39, 0.29) is 17.4 Å². The summed E-state index contributed by atoms with van der Waals surface area (Å²) in [5.74, 6) is -0.988. The highest BCUT2D eigenvalue weighted by atomic mass is 32.2. The molecule has 0 unspecified atom stereocenters. The third-order valence-electron chi connectivity index (χ3n) is 8.30. The summed E-state index contributed by atoms with van der Waals surface area (Å²) < 4.78 is 80.1. The number of rotatable bonds is 12. The predicted octanol–water partition coefficient (Wildman–Crippen LogP) is 6.16. The van der Waals surface area contributed by atoms with Crippen molar-refractivity contribution in [1.29, 1.82) is 0 Å². The molecule has 52 heavy (non-hydrogen) atoms. The molecule has 5 aromatic rings. The van der Waals surface area contributed by atoms with Crippen LogP contribution in [0.5, 0.6) is 0 Å². The monoisotopic (exact) mass is 768 g/mol. The Labute approximate surface area is 306 Å². The third-order valence-corrected chi connectivity index (χ3v) is 12.0. The molecule has 0 saturated carbocycles. The summed E-state index contributed by atoms with van der Waals surface area (Å²) in [5, 5.41) is 4.06. The highest BCUT2D eigenvalue weighted by Gasteiger charge is 2.25. The van der Waals surface area contributed by atoms with Gasteiger partial charge in [0.15, 0.2) is 4.90 Å². The maximum Gasteiger partial charge on any atom is 0.267 e. The van der Waals surface area contributed by atoms with Gasteiger partial charge in [-0.15, -0.1) is 11.3 Å². The van der Waals surface area contributed by atoms with Crippen LogP contribution in [0.1, 0.15) is 31.2 Å². The number of nitrogens with one attached hydrogen (secondary N) is 2. The number of hydrogen-bond acceptors (Lipinski definition) is 12. The molecule has 0 atom stereocenters. The van der Waals surface area contributed by atoms with Gasteiger partial charge in [-0.3, -0.25) is 4.72 Å². The molecule has 6 rings (SSSR count). The highest BCUT2D eigenvalue weighted by molar-refractivity contribution is 7.92. The van der Waals surface area contributed by atoms with Crippen LogP contribution in [0.15, 0.2) is 78.0 Å². The summed E-state index contributed by atoms with van der Waals surface area (Å²) in [6, 6.07) is 14.9. The van der Waals surface area contributed by atoms with E-state index in [2.05, 4.69) is 29.8 Å². The number of hydrogen-bond donors (Lipinski definition) is 2. The zero-order valence-corrected chi connectivity index (χ0v) is 31.2. The molecule has 0 bridgehead atoms. The molecule has 0 spiro atoms. The van der Waals surface area contributed by atoms with Crippen molar-refractivity contribution in [3.8, 4) is 21.8 Å². The molecule has 1 fully saturated rings. The van der Waals surface area contributed by atoms with Crippen molar-refractivity contribution in [2.75, 3.05) is 59.7 Å². The number of sulfonamides is 1. The number of nitrogens with zero attached hydrogens (tertiary/aromatic N) is 6. The number of anilines is 4. The van der Waals surface area contributed by atoms with Gasteiger partial charge in [-0.2, -0.15) is 0 Å². The number of aromatic nitrogens is 4. The fourth-order valence-corrected chi connectivity index (χ4v) is 8.51. The van der Waals surface area contributed by atoms with Crippen LogP contribution in [0.2, 0.25) is 0 Å². The van der Waals surface area contributed by atoms with Crippen molar-refractivity contribution in [3.63, 3.8) is 0 Å². The van der Waals surface area contributed by atoms with E-state index in [1.165, 1.54) is 23.7 Å². The molecule has 2 aromatic carbocycles. The van der Waals surface area contributed by atoms with Crippen molar-refractivity contribution in [2.24, 2.45) is 0 Å². The molecule has 17 heteroatoms. The number of pyridine rings is 1. The maximum absolute atomic E-state index is 14.3. The van der Waals surface area contributed by atoms with Crippen LogP contribution < -0.4 is 14.9 Å². The van der Waals surface area contributed by atoms with Gasteiger partial charge in [0, 0.05) is 55.8 Å². The van der Waals surface area contributed by atoms with Gasteiger partial charge >= 0.3 is 0 Å². The molecule has 1 aliphatic rings. The average Bonchev–Trinajstić information content (AvgIpc) is 3.41. The Balaban J connectivity index is 1.20. The lowest BCUT2D eigenvalue weighted by Crippen LogP contribution is -2.33. The molecular weight excluding hydrogens is 731 g/mol. The van der Waals surface area contributed by atoms with E-state index in [1.807, 2.05) is 26.0 Å². The highest BCUT2D eigenvalue weighted by Crippen LogP contribution is 2.39. The Morgan fingerprint density at radius 3 is 2.37 bits per heavy atom. The van der Waals surface area contributed by atoms with E-state index < -0.39 is 36.4 Å².